The number of aromatic amines is 1. The Bertz CT molecular complexity index is 986. The Morgan fingerprint density at radius 1 is 1.18 bits per heavy atom. The number of hydrogen-bond donors (Lipinski definition) is 5. The van der Waals surface area contributed by atoms with Crippen molar-refractivity contribution in [2.75, 3.05) is 11.9 Å². The van der Waals surface area contributed by atoms with Gasteiger partial charge in [0, 0.05) is 34.8 Å². The van der Waals surface area contributed by atoms with E-state index in [9.17, 15) is 20.1 Å². The molecule has 0 radical (unpaired) electrons. The first-order valence-corrected chi connectivity index (χ1v) is 9.16. The van der Waals surface area contributed by atoms with Gasteiger partial charge in [0.05, 0.1) is 18.8 Å². The van der Waals surface area contributed by atoms with Crippen LogP contribution in [0.25, 0.3) is 10.9 Å². The van der Waals surface area contributed by atoms with Crippen LogP contribution in [0.2, 0.25) is 0 Å². The van der Waals surface area contributed by atoms with Gasteiger partial charge >= 0.3 is 0 Å². The molecule has 1 aliphatic heterocycles. The summed E-state index contributed by atoms with van der Waals surface area (Å²) in [7, 11) is 0. The number of benzene rings is 2. The van der Waals surface area contributed by atoms with Crippen LogP contribution in [0.5, 0.6) is 0 Å². The molecule has 2 heterocycles. The first kappa shape index (κ1) is 18.6. The minimum atomic E-state index is -1.13. The number of aliphatic hydroxyl groups is 3. The van der Waals surface area contributed by atoms with Crippen LogP contribution in [0.3, 0.4) is 0 Å². The molecule has 4 unspecified atom stereocenters. The molecular weight excluding hydrogens is 360 g/mol. The van der Waals surface area contributed by atoms with Crippen molar-refractivity contribution < 1.29 is 24.9 Å². The molecule has 146 valence electrons. The molecule has 28 heavy (non-hydrogen) atoms. The Kier molecular flexibility index (Phi) is 5.15. The van der Waals surface area contributed by atoms with E-state index in [1.54, 1.807) is 24.3 Å². The largest absolute Gasteiger partial charge is 0.394 e. The molecule has 0 bridgehead atoms. The molecule has 1 saturated heterocycles. The van der Waals surface area contributed by atoms with Gasteiger partial charge in [-0.1, -0.05) is 12.1 Å². The molecule has 0 saturated carbocycles. The number of ether oxygens (including phenoxy) is 1. The topological polar surface area (TPSA) is 115 Å². The maximum atomic E-state index is 12.7. The lowest BCUT2D eigenvalue weighted by atomic mass is 9.93. The molecule has 1 aliphatic rings. The summed E-state index contributed by atoms with van der Waals surface area (Å²) in [5.41, 5.74) is 2.85. The van der Waals surface area contributed by atoms with Gasteiger partial charge in [0.15, 0.2) is 0 Å². The first-order valence-electron chi connectivity index (χ1n) is 9.16. The molecule has 4 rings (SSSR count). The molecule has 1 aromatic heterocycles. The van der Waals surface area contributed by atoms with E-state index in [0.29, 0.717) is 16.8 Å². The van der Waals surface area contributed by atoms with E-state index in [-0.39, 0.29) is 12.3 Å². The fourth-order valence-electron chi connectivity index (χ4n) is 3.53. The van der Waals surface area contributed by atoms with Crippen molar-refractivity contribution >= 4 is 22.5 Å². The average Bonchev–Trinajstić information content (AvgIpc) is 3.18. The number of nitrogens with one attached hydrogen (secondary N) is 2. The molecular formula is C21H22N2O5. The second kappa shape index (κ2) is 7.73. The van der Waals surface area contributed by atoms with E-state index < -0.39 is 31.0 Å². The highest BCUT2D eigenvalue weighted by Gasteiger charge is 2.37. The van der Waals surface area contributed by atoms with Crippen molar-refractivity contribution in [1.82, 2.24) is 4.98 Å². The SMILES string of the molecule is O=C(Nc1ccc2[nH]ccc2c1)c1cccc(C2CC(O)C(O)C(CO)O2)c1. The van der Waals surface area contributed by atoms with Crippen LogP contribution in [0, 0.1) is 0 Å². The van der Waals surface area contributed by atoms with E-state index in [1.165, 1.54) is 0 Å². The number of aliphatic hydroxyl groups excluding tert-OH is 3. The van der Waals surface area contributed by atoms with Gasteiger partial charge in [-0.3, -0.25) is 4.79 Å². The van der Waals surface area contributed by atoms with Crippen molar-refractivity contribution in [2.45, 2.75) is 30.8 Å². The van der Waals surface area contributed by atoms with Gasteiger partial charge in [-0.15, -0.1) is 0 Å². The Hall–Kier alpha value is -2.71. The maximum Gasteiger partial charge on any atom is 0.255 e. The fraction of sp³-hybridized carbons (Fsp3) is 0.286. The highest BCUT2D eigenvalue weighted by Crippen LogP contribution is 2.32. The van der Waals surface area contributed by atoms with Crippen LogP contribution in [0.15, 0.2) is 54.7 Å². The van der Waals surface area contributed by atoms with E-state index >= 15 is 0 Å². The van der Waals surface area contributed by atoms with Crippen molar-refractivity contribution in [3.8, 4) is 0 Å². The summed E-state index contributed by atoms with van der Waals surface area (Å²) in [4.78, 5) is 15.8. The van der Waals surface area contributed by atoms with Crippen LogP contribution in [0.1, 0.15) is 28.4 Å². The standard InChI is InChI=1S/C21H22N2O5/c24-11-19-20(26)17(25)10-18(28-19)13-2-1-3-14(8-13)21(27)23-15-4-5-16-12(9-15)6-7-22-16/h1-9,17-20,22,24-26H,10-11H2,(H,23,27). The number of carbonyl (C=O) groups is 1. The normalized spacial score (nSPS) is 25.0. The monoisotopic (exact) mass is 382 g/mol. The van der Waals surface area contributed by atoms with Gasteiger partial charge in [-0.05, 0) is 42.0 Å². The van der Waals surface area contributed by atoms with E-state index in [1.807, 2.05) is 30.5 Å². The molecule has 7 nitrogen and oxygen atoms in total. The number of rotatable bonds is 4. The summed E-state index contributed by atoms with van der Waals surface area (Å²) < 4.78 is 5.70. The summed E-state index contributed by atoms with van der Waals surface area (Å²) in [6, 6.07) is 14.5. The van der Waals surface area contributed by atoms with Crippen LogP contribution in [-0.2, 0) is 4.74 Å². The van der Waals surface area contributed by atoms with Gasteiger partial charge in [-0.2, -0.15) is 0 Å². The first-order chi connectivity index (χ1) is 13.5. The number of H-pyrrole nitrogens is 1. The Labute approximate surface area is 161 Å². The Balaban J connectivity index is 1.52. The van der Waals surface area contributed by atoms with E-state index in [0.717, 1.165) is 10.9 Å². The summed E-state index contributed by atoms with van der Waals surface area (Å²) in [5.74, 6) is -0.258. The number of anilines is 1. The van der Waals surface area contributed by atoms with Crippen LogP contribution in [0.4, 0.5) is 5.69 Å². The molecule has 5 N–H and O–H groups in total. The number of carbonyl (C=O) groups excluding carboxylic acids is 1. The lowest BCUT2D eigenvalue weighted by molar-refractivity contribution is -0.181. The number of hydrogen-bond acceptors (Lipinski definition) is 5. The zero-order chi connectivity index (χ0) is 19.7. The average molecular weight is 382 g/mol. The predicted molar refractivity (Wildman–Crippen MR) is 104 cm³/mol. The number of amides is 1. The van der Waals surface area contributed by atoms with Crippen molar-refractivity contribution in [3.05, 3.63) is 65.9 Å². The smallest absolute Gasteiger partial charge is 0.255 e. The molecule has 1 amide bonds. The summed E-state index contributed by atoms with van der Waals surface area (Å²) in [5, 5.41) is 33.1. The number of fused-ring (bicyclic) bond motifs is 1. The highest BCUT2D eigenvalue weighted by molar-refractivity contribution is 6.05. The third-order valence-corrected chi connectivity index (χ3v) is 5.08. The molecule has 7 heteroatoms. The maximum absolute atomic E-state index is 12.7. The number of aromatic nitrogens is 1. The molecule has 1 fully saturated rings. The van der Waals surface area contributed by atoms with E-state index in [4.69, 9.17) is 4.74 Å². The zero-order valence-electron chi connectivity index (χ0n) is 15.1. The summed E-state index contributed by atoms with van der Waals surface area (Å²) >= 11 is 0. The minimum absolute atomic E-state index is 0.187. The van der Waals surface area contributed by atoms with E-state index in [2.05, 4.69) is 10.3 Å². The fourth-order valence-corrected chi connectivity index (χ4v) is 3.53. The van der Waals surface area contributed by atoms with Gasteiger partial charge in [-0.25, -0.2) is 0 Å². The van der Waals surface area contributed by atoms with Gasteiger partial charge < -0.3 is 30.4 Å². The van der Waals surface area contributed by atoms with Gasteiger partial charge in [0.2, 0.25) is 0 Å². The minimum Gasteiger partial charge on any atom is -0.394 e. The van der Waals surface area contributed by atoms with Gasteiger partial charge in [0.25, 0.3) is 5.91 Å². The highest BCUT2D eigenvalue weighted by atomic mass is 16.5. The van der Waals surface area contributed by atoms with Crippen molar-refractivity contribution in [3.63, 3.8) is 0 Å². The lowest BCUT2D eigenvalue weighted by Gasteiger charge is -2.36. The second-order valence-electron chi connectivity index (χ2n) is 7.00. The third kappa shape index (κ3) is 3.65. The quantitative estimate of drug-likeness (QED) is 0.473. The second-order valence-corrected chi connectivity index (χ2v) is 7.00. The van der Waals surface area contributed by atoms with Crippen LogP contribution >= 0.6 is 0 Å². The summed E-state index contributed by atoms with van der Waals surface area (Å²) in [6.07, 6.45) is -1.47. The predicted octanol–water partition coefficient (Wildman–Crippen LogP) is 1.96. The van der Waals surface area contributed by atoms with Crippen LogP contribution < -0.4 is 5.32 Å². The third-order valence-electron chi connectivity index (χ3n) is 5.08. The molecule has 0 aliphatic carbocycles. The lowest BCUT2D eigenvalue weighted by Crippen LogP contribution is -2.47. The molecule has 4 atom stereocenters. The molecule has 2 aromatic carbocycles. The van der Waals surface area contributed by atoms with Gasteiger partial charge in [0.1, 0.15) is 12.2 Å². The molecule has 0 spiro atoms. The summed E-state index contributed by atoms with van der Waals surface area (Å²) in [6.45, 7) is -0.392. The van der Waals surface area contributed by atoms with Crippen LogP contribution in [-0.4, -0.2) is 51.1 Å². The van der Waals surface area contributed by atoms with Crippen molar-refractivity contribution in [2.24, 2.45) is 0 Å². The Morgan fingerprint density at radius 3 is 2.86 bits per heavy atom. The van der Waals surface area contributed by atoms with Crippen molar-refractivity contribution in [1.29, 1.82) is 0 Å². The zero-order valence-corrected chi connectivity index (χ0v) is 15.1. The Morgan fingerprint density at radius 2 is 2.04 bits per heavy atom. The molecule has 3 aromatic rings.